The van der Waals surface area contributed by atoms with Gasteiger partial charge in [0.15, 0.2) is 0 Å². The fraction of sp³-hybridized carbons (Fsp3) is 0.611. The second-order valence-electron chi connectivity index (χ2n) is 6.37. The summed E-state index contributed by atoms with van der Waals surface area (Å²) in [5.41, 5.74) is 2.38. The van der Waals surface area contributed by atoms with Gasteiger partial charge in [-0.25, -0.2) is 0 Å². The summed E-state index contributed by atoms with van der Waals surface area (Å²) in [6, 6.07) is 6.49. The van der Waals surface area contributed by atoms with Crippen LogP contribution in [-0.4, -0.2) is 54.7 Å². The molecule has 1 aromatic carbocycles. The first-order valence-corrected chi connectivity index (χ1v) is 8.51. The topological polar surface area (TPSA) is 42.0 Å². The Morgan fingerprint density at radius 3 is 2.83 bits per heavy atom. The van der Waals surface area contributed by atoms with Gasteiger partial charge in [0.2, 0.25) is 5.91 Å². The van der Waals surface area contributed by atoms with Gasteiger partial charge < -0.3 is 14.4 Å². The van der Waals surface area contributed by atoms with Crippen LogP contribution in [0.3, 0.4) is 0 Å². The van der Waals surface area contributed by atoms with E-state index in [1.165, 1.54) is 5.56 Å². The maximum absolute atomic E-state index is 12.2. The largest absolute Gasteiger partial charge is 0.491 e. The summed E-state index contributed by atoms with van der Waals surface area (Å²) in [5, 5.41) is 0. The van der Waals surface area contributed by atoms with Crippen molar-refractivity contribution >= 4 is 5.91 Å². The summed E-state index contributed by atoms with van der Waals surface area (Å²) in [4.78, 5) is 16.5. The van der Waals surface area contributed by atoms with Crippen LogP contribution in [-0.2, 0) is 22.6 Å². The van der Waals surface area contributed by atoms with E-state index in [0.29, 0.717) is 19.6 Å². The molecule has 1 atom stereocenters. The van der Waals surface area contributed by atoms with Crippen molar-refractivity contribution in [3.05, 3.63) is 29.3 Å². The van der Waals surface area contributed by atoms with Gasteiger partial charge in [0.05, 0.1) is 19.3 Å². The summed E-state index contributed by atoms with van der Waals surface area (Å²) >= 11 is 0. The van der Waals surface area contributed by atoms with Gasteiger partial charge in [-0.15, -0.1) is 0 Å². The third kappa shape index (κ3) is 3.85. The Balaban J connectivity index is 1.76. The number of carbonyl (C=O) groups is 1. The second-order valence-corrected chi connectivity index (χ2v) is 6.37. The SMILES string of the molecule is CCC(=O)N1Cc2cc(CN3CCOCC3)ccc2OC[C@@H]1C. The maximum atomic E-state index is 12.2. The molecule has 5 heteroatoms. The van der Waals surface area contributed by atoms with E-state index < -0.39 is 0 Å². The Bertz CT molecular complexity index is 555. The highest BCUT2D eigenvalue weighted by molar-refractivity contribution is 5.76. The fourth-order valence-corrected chi connectivity index (χ4v) is 3.19. The van der Waals surface area contributed by atoms with Crippen LogP contribution >= 0.6 is 0 Å². The van der Waals surface area contributed by atoms with Crippen LogP contribution in [0.2, 0.25) is 0 Å². The predicted molar refractivity (Wildman–Crippen MR) is 88.3 cm³/mol. The molecule has 2 heterocycles. The van der Waals surface area contributed by atoms with E-state index in [1.807, 2.05) is 18.7 Å². The minimum Gasteiger partial charge on any atom is -0.491 e. The first-order chi connectivity index (χ1) is 11.2. The van der Waals surface area contributed by atoms with Crippen molar-refractivity contribution in [2.75, 3.05) is 32.9 Å². The molecule has 1 aromatic rings. The van der Waals surface area contributed by atoms with E-state index in [2.05, 4.69) is 23.1 Å². The third-order valence-corrected chi connectivity index (χ3v) is 4.61. The number of amides is 1. The lowest BCUT2D eigenvalue weighted by atomic mass is 10.1. The van der Waals surface area contributed by atoms with Crippen LogP contribution in [0.25, 0.3) is 0 Å². The molecule has 0 unspecified atom stereocenters. The Morgan fingerprint density at radius 1 is 1.30 bits per heavy atom. The lowest BCUT2D eigenvalue weighted by Crippen LogP contribution is -2.39. The number of morpholine rings is 1. The molecular formula is C18H26N2O3. The Morgan fingerprint density at radius 2 is 2.09 bits per heavy atom. The Labute approximate surface area is 138 Å². The van der Waals surface area contributed by atoms with Gasteiger partial charge in [0.1, 0.15) is 12.4 Å². The number of benzene rings is 1. The van der Waals surface area contributed by atoms with Crippen molar-refractivity contribution in [3.63, 3.8) is 0 Å². The van der Waals surface area contributed by atoms with Gasteiger partial charge in [-0.2, -0.15) is 0 Å². The molecule has 126 valence electrons. The molecule has 2 aliphatic heterocycles. The molecular weight excluding hydrogens is 292 g/mol. The van der Waals surface area contributed by atoms with Gasteiger partial charge in [0, 0.05) is 38.2 Å². The van der Waals surface area contributed by atoms with Crippen molar-refractivity contribution in [1.29, 1.82) is 0 Å². The number of fused-ring (bicyclic) bond motifs is 1. The number of carbonyl (C=O) groups excluding carboxylic acids is 1. The van der Waals surface area contributed by atoms with Gasteiger partial charge >= 0.3 is 0 Å². The van der Waals surface area contributed by atoms with Gasteiger partial charge in [-0.05, 0) is 24.6 Å². The van der Waals surface area contributed by atoms with Crippen molar-refractivity contribution in [2.24, 2.45) is 0 Å². The summed E-state index contributed by atoms with van der Waals surface area (Å²) < 4.78 is 11.3. The summed E-state index contributed by atoms with van der Waals surface area (Å²) in [6.07, 6.45) is 0.535. The van der Waals surface area contributed by atoms with E-state index in [4.69, 9.17) is 9.47 Å². The third-order valence-electron chi connectivity index (χ3n) is 4.61. The quantitative estimate of drug-likeness (QED) is 0.855. The van der Waals surface area contributed by atoms with E-state index in [9.17, 15) is 4.79 Å². The molecule has 5 nitrogen and oxygen atoms in total. The van der Waals surface area contributed by atoms with Crippen LogP contribution in [0.5, 0.6) is 5.75 Å². The molecule has 0 aliphatic carbocycles. The van der Waals surface area contributed by atoms with Gasteiger partial charge in [-0.1, -0.05) is 13.0 Å². The highest BCUT2D eigenvalue weighted by atomic mass is 16.5. The summed E-state index contributed by atoms with van der Waals surface area (Å²) in [5.74, 6) is 1.10. The standard InChI is InChI=1S/C18H26N2O3/c1-3-18(21)20-12-16-10-15(11-19-6-8-22-9-7-19)4-5-17(16)23-13-14(20)2/h4-5,10,14H,3,6-9,11-13H2,1-2H3/t14-/m0/s1. The average Bonchev–Trinajstić information content (AvgIpc) is 2.74. The van der Waals surface area contributed by atoms with E-state index in [1.54, 1.807) is 0 Å². The molecule has 1 amide bonds. The smallest absolute Gasteiger partial charge is 0.222 e. The van der Waals surface area contributed by atoms with E-state index in [0.717, 1.165) is 44.2 Å². The molecule has 0 bridgehead atoms. The number of nitrogens with zero attached hydrogens (tertiary/aromatic N) is 2. The molecule has 0 radical (unpaired) electrons. The first-order valence-electron chi connectivity index (χ1n) is 8.51. The van der Waals surface area contributed by atoms with Crippen molar-refractivity contribution in [1.82, 2.24) is 9.80 Å². The molecule has 1 fully saturated rings. The maximum Gasteiger partial charge on any atom is 0.222 e. The number of rotatable bonds is 3. The number of hydrogen-bond donors (Lipinski definition) is 0. The fourth-order valence-electron chi connectivity index (χ4n) is 3.19. The molecule has 0 spiro atoms. The summed E-state index contributed by atoms with van der Waals surface area (Å²) in [6.45, 7) is 9.66. The highest BCUT2D eigenvalue weighted by Crippen LogP contribution is 2.27. The van der Waals surface area contributed by atoms with Crippen LogP contribution in [0.15, 0.2) is 18.2 Å². The average molecular weight is 318 g/mol. The van der Waals surface area contributed by atoms with Crippen LogP contribution in [0.1, 0.15) is 31.4 Å². The molecule has 0 saturated carbocycles. The van der Waals surface area contributed by atoms with Crippen molar-refractivity contribution < 1.29 is 14.3 Å². The lowest BCUT2D eigenvalue weighted by molar-refractivity contribution is -0.133. The van der Waals surface area contributed by atoms with Crippen molar-refractivity contribution in [2.45, 2.75) is 39.4 Å². The summed E-state index contributed by atoms with van der Waals surface area (Å²) in [7, 11) is 0. The molecule has 23 heavy (non-hydrogen) atoms. The van der Waals surface area contributed by atoms with Crippen LogP contribution < -0.4 is 4.74 Å². The van der Waals surface area contributed by atoms with Crippen LogP contribution in [0, 0.1) is 0 Å². The number of ether oxygens (including phenoxy) is 2. The van der Waals surface area contributed by atoms with E-state index in [-0.39, 0.29) is 11.9 Å². The minimum atomic E-state index is 0.109. The molecule has 3 rings (SSSR count). The zero-order chi connectivity index (χ0) is 16.2. The van der Waals surface area contributed by atoms with Crippen LogP contribution in [0.4, 0.5) is 0 Å². The zero-order valence-electron chi connectivity index (χ0n) is 14.1. The zero-order valence-corrected chi connectivity index (χ0v) is 14.1. The molecule has 2 aliphatic rings. The molecule has 1 saturated heterocycles. The number of hydrogen-bond acceptors (Lipinski definition) is 4. The highest BCUT2D eigenvalue weighted by Gasteiger charge is 2.25. The first kappa shape index (κ1) is 16.3. The molecule has 0 aromatic heterocycles. The van der Waals surface area contributed by atoms with Gasteiger partial charge in [0.25, 0.3) is 0 Å². The Kier molecular flexibility index (Phi) is 5.18. The van der Waals surface area contributed by atoms with Gasteiger partial charge in [-0.3, -0.25) is 9.69 Å². The normalized spacial score (nSPS) is 22.2. The van der Waals surface area contributed by atoms with E-state index >= 15 is 0 Å². The Hall–Kier alpha value is -1.59. The second kappa shape index (κ2) is 7.32. The minimum absolute atomic E-state index is 0.109. The van der Waals surface area contributed by atoms with Crippen molar-refractivity contribution in [3.8, 4) is 5.75 Å². The molecule has 0 N–H and O–H groups in total. The monoisotopic (exact) mass is 318 g/mol. The predicted octanol–water partition coefficient (Wildman–Crippen LogP) is 2.04. The lowest BCUT2D eigenvalue weighted by Gasteiger charge is -2.27.